The van der Waals surface area contributed by atoms with Crippen LogP contribution >= 0.6 is 11.8 Å². The highest BCUT2D eigenvalue weighted by Gasteiger charge is 2.16. The van der Waals surface area contributed by atoms with Gasteiger partial charge in [0.05, 0.1) is 29.7 Å². The van der Waals surface area contributed by atoms with Gasteiger partial charge >= 0.3 is 5.97 Å². The summed E-state index contributed by atoms with van der Waals surface area (Å²) in [4.78, 5) is 37.1. The molecule has 0 aliphatic carbocycles. The molecular weight excluding hydrogens is 454 g/mol. The molecule has 0 saturated carbocycles. The van der Waals surface area contributed by atoms with Gasteiger partial charge in [0.25, 0.3) is 5.91 Å². The number of pyridine rings is 1. The zero-order valence-corrected chi connectivity index (χ0v) is 19.3. The van der Waals surface area contributed by atoms with E-state index in [9.17, 15) is 14.4 Å². The number of ether oxygens (including phenoxy) is 1. The number of anilines is 2. The molecule has 172 valence electrons. The average molecular weight is 476 g/mol. The van der Waals surface area contributed by atoms with E-state index in [1.165, 1.54) is 7.11 Å². The summed E-state index contributed by atoms with van der Waals surface area (Å²) in [5.41, 5.74) is 3.34. The molecule has 0 aliphatic heterocycles. The van der Waals surface area contributed by atoms with Gasteiger partial charge in [-0.2, -0.15) is 0 Å². The Morgan fingerprint density at radius 3 is 2.62 bits per heavy atom. The van der Waals surface area contributed by atoms with Gasteiger partial charge in [0.1, 0.15) is 0 Å². The van der Waals surface area contributed by atoms with Gasteiger partial charge in [-0.3, -0.25) is 14.0 Å². The molecule has 9 nitrogen and oxygen atoms in total. The molecule has 10 heteroatoms. The summed E-state index contributed by atoms with van der Waals surface area (Å²) < 4.78 is 6.41. The third-order valence-electron chi connectivity index (χ3n) is 4.85. The Hall–Kier alpha value is -4.18. The molecule has 2 N–H and O–H groups in total. The minimum atomic E-state index is -0.538. The van der Waals surface area contributed by atoms with E-state index in [0.717, 1.165) is 17.3 Å². The minimum absolute atomic E-state index is 0.0238. The fourth-order valence-electron chi connectivity index (χ4n) is 3.23. The molecule has 0 bridgehead atoms. The maximum Gasteiger partial charge on any atom is 0.339 e. The van der Waals surface area contributed by atoms with Gasteiger partial charge in [-0.05, 0) is 48.9 Å². The van der Waals surface area contributed by atoms with Crippen molar-refractivity contribution in [2.45, 2.75) is 12.1 Å². The number of amides is 2. The highest BCUT2D eigenvalue weighted by atomic mass is 32.2. The van der Waals surface area contributed by atoms with Crippen LogP contribution in [0.25, 0.3) is 5.65 Å². The standard InChI is InChI=1S/C24H21N5O4S/c1-15-6-5-7-17(12-15)25-22(31)16-10-11-20-27-28-24(29(20)13-16)34-14-21(30)26-19-9-4-3-8-18(19)23(32)33-2/h3-13H,14H2,1-2H3,(H,25,31)(H,26,30). The van der Waals surface area contributed by atoms with Gasteiger partial charge in [-0.25, -0.2) is 4.79 Å². The van der Waals surface area contributed by atoms with Crippen LogP contribution in [0.4, 0.5) is 11.4 Å². The number of esters is 1. The Morgan fingerprint density at radius 2 is 1.82 bits per heavy atom. The predicted octanol–water partition coefficient (Wildman–Crippen LogP) is 3.81. The van der Waals surface area contributed by atoms with Crippen LogP contribution < -0.4 is 10.6 Å². The molecule has 2 aromatic heterocycles. The quantitative estimate of drug-likeness (QED) is 0.309. The van der Waals surface area contributed by atoms with E-state index in [4.69, 9.17) is 4.74 Å². The van der Waals surface area contributed by atoms with Crippen molar-refractivity contribution >= 4 is 46.6 Å². The molecule has 2 aromatic carbocycles. The first-order valence-corrected chi connectivity index (χ1v) is 11.3. The smallest absolute Gasteiger partial charge is 0.339 e. The molecule has 2 heterocycles. The molecule has 2 amide bonds. The zero-order valence-electron chi connectivity index (χ0n) is 18.4. The lowest BCUT2D eigenvalue weighted by Gasteiger charge is -2.09. The number of aromatic nitrogens is 3. The summed E-state index contributed by atoms with van der Waals surface area (Å²) in [6.45, 7) is 1.95. The first kappa shape index (κ1) is 23.0. The number of methoxy groups -OCH3 is 1. The first-order chi connectivity index (χ1) is 16.4. The van der Waals surface area contributed by atoms with Gasteiger partial charge in [-0.15, -0.1) is 10.2 Å². The van der Waals surface area contributed by atoms with Crippen molar-refractivity contribution in [1.82, 2.24) is 14.6 Å². The Labute approximate surface area is 199 Å². The topological polar surface area (TPSA) is 115 Å². The monoisotopic (exact) mass is 475 g/mol. The number of carbonyl (C=O) groups is 3. The lowest BCUT2D eigenvalue weighted by molar-refractivity contribution is -0.113. The number of hydrogen-bond donors (Lipinski definition) is 2. The molecule has 0 unspecified atom stereocenters. The Bertz CT molecular complexity index is 1380. The first-order valence-electron chi connectivity index (χ1n) is 10.3. The number of aryl methyl sites for hydroxylation is 1. The minimum Gasteiger partial charge on any atom is -0.465 e. The predicted molar refractivity (Wildman–Crippen MR) is 129 cm³/mol. The van der Waals surface area contributed by atoms with E-state index >= 15 is 0 Å². The summed E-state index contributed by atoms with van der Waals surface area (Å²) in [7, 11) is 1.28. The van der Waals surface area contributed by atoms with Crippen molar-refractivity contribution in [2.75, 3.05) is 23.5 Å². The molecular formula is C24H21N5O4S. The second-order valence-electron chi connectivity index (χ2n) is 7.33. The number of nitrogens with one attached hydrogen (secondary N) is 2. The van der Waals surface area contributed by atoms with Gasteiger partial charge < -0.3 is 15.4 Å². The maximum absolute atomic E-state index is 12.7. The highest BCUT2D eigenvalue weighted by Crippen LogP contribution is 2.21. The summed E-state index contributed by atoms with van der Waals surface area (Å²) in [6, 6.07) is 17.5. The number of thioether (sulfide) groups is 1. The Kier molecular flexibility index (Phi) is 6.88. The third-order valence-corrected chi connectivity index (χ3v) is 5.79. The second kappa shape index (κ2) is 10.2. The molecule has 4 aromatic rings. The van der Waals surface area contributed by atoms with E-state index in [-0.39, 0.29) is 23.1 Å². The zero-order chi connectivity index (χ0) is 24.1. The van der Waals surface area contributed by atoms with Gasteiger partial charge in [-0.1, -0.05) is 36.0 Å². The largest absolute Gasteiger partial charge is 0.465 e. The molecule has 0 spiro atoms. The third kappa shape index (κ3) is 5.24. The molecule has 0 fully saturated rings. The SMILES string of the molecule is COC(=O)c1ccccc1NC(=O)CSc1nnc2ccc(C(=O)Nc3cccc(C)c3)cn12. The van der Waals surface area contributed by atoms with E-state index in [2.05, 4.69) is 20.8 Å². The Morgan fingerprint density at radius 1 is 1.00 bits per heavy atom. The molecule has 0 saturated heterocycles. The van der Waals surface area contributed by atoms with Gasteiger partial charge in [0, 0.05) is 11.9 Å². The number of fused-ring (bicyclic) bond motifs is 1. The van der Waals surface area contributed by atoms with Gasteiger partial charge in [0.2, 0.25) is 5.91 Å². The number of carbonyl (C=O) groups excluding carboxylic acids is 3. The van der Waals surface area contributed by atoms with Crippen LogP contribution in [0.3, 0.4) is 0 Å². The van der Waals surface area contributed by atoms with Crippen LogP contribution in [-0.2, 0) is 9.53 Å². The Balaban J connectivity index is 1.45. The van der Waals surface area contributed by atoms with Crippen molar-refractivity contribution < 1.29 is 19.1 Å². The van der Waals surface area contributed by atoms with Crippen molar-refractivity contribution in [2.24, 2.45) is 0 Å². The molecule has 0 radical (unpaired) electrons. The van der Waals surface area contributed by atoms with Crippen LogP contribution in [0, 0.1) is 6.92 Å². The molecule has 34 heavy (non-hydrogen) atoms. The summed E-state index contributed by atoms with van der Waals surface area (Å²) in [5.74, 6) is -1.11. The van der Waals surface area contributed by atoms with E-state index < -0.39 is 5.97 Å². The van der Waals surface area contributed by atoms with Crippen molar-refractivity contribution in [3.8, 4) is 0 Å². The van der Waals surface area contributed by atoms with Crippen LogP contribution in [0.5, 0.6) is 0 Å². The highest BCUT2D eigenvalue weighted by molar-refractivity contribution is 7.99. The van der Waals surface area contributed by atoms with Crippen LogP contribution in [0.1, 0.15) is 26.3 Å². The number of para-hydroxylation sites is 1. The number of benzene rings is 2. The lowest BCUT2D eigenvalue weighted by Crippen LogP contribution is -2.17. The molecule has 0 atom stereocenters. The van der Waals surface area contributed by atoms with Gasteiger partial charge in [0.15, 0.2) is 10.8 Å². The average Bonchev–Trinajstić information content (AvgIpc) is 3.25. The van der Waals surface area contributed by atoms with Crippen LogP contribution in [-0.4, -0.2) is 45.2 Å². The lowest BCUT2D eigenvalue weighted by atomic mass is 10.2. The summed E-state index contributed by atoms with van der Waals surface area (Å²) in [6.07, 6.45) is 1.63. The fourth-order valence-corrected chi connectivity index (χ4v) is 3.94. The van der Waals surface area contributed by atoms with Crippen LogP contribution in [0.2, 0.25) is 0 Å². The fraction of sp³-hybridized carbons (Fsp3) is 0.125. The number of hydrogen-bond acceptors (Lipinski definition) is 7. The summed E-state index contributed by atoms with van der Waals surface area (Å²) in [5, 5.41) is 14.3. The van der Waals surface area contributed by atoms with Crippen molar-refractivity contribution in [1.29, 1.82) is 0 Å². The maximum atomic E-state index is 12.7. The van der Waals surface area contributed by atoms with E-state index in [1.54, 1.807) is 47.0 Å². The van der Waals surface area contributed by atoms with E-state index in [1.807, 2.05) is 31.2 Å². The normalized spacial score (nSPS) is 10.6. The van der Waals surface area contributed by atoms with Crippen molar-refractivity contribution in [3.63, 3.8) is 0 Å². The molecule has 0 aliphatic rings. The van der Waals surface area contributed by atoms with E-state index in [0.29, 0.717) is 27.7 Å². The number of rotatable bonds is 7. The van der Waals surface area contributed by atoms with Crippen molar-refractivity contribution in [3.05, 3.63) is 83.6 Å². The summed E-state index contributed by atoms with van der Waals surface area (Å²) >= 11 is 1.16. The van der Waals surface area contributed by atoms with Crippen LogP contribution in [0.15, 0.2) is 72.0 Å². The number of nitrogens with zero attached hydrogens (tertiary/aromatic N) is 3. The second-order valence-corrected chi connectivity index (χ2v) is 8.27. The molecule has 4 rings (SSSR count).